The smallest absolute Gasteiger partial charge is 0.114 e. The minimum absolute atomic E-state index is 0.525. The fraction of sp³-hybridized carbons (Fsp3) is 0.167. The highest BCUT2D eigenvalue weighted by molar-refractivity contribution is 5.95. The van der Waals surface area contributed by atoms with Crippen LogP contribution in [0.3, 0.4) is 0 Å². The molecule has 3 atom stereocenters. The van der Waals surface area contributed by atoms with Crippen LogP contribution >= 0.6 is 0 Å². The van der Waals surface area contributed by atoms with Gasteiger partial charge in [0.25, 0.3) is 0 Å². The van der Waals surface area contributed by atoms with Gasteiger partial charge in [-0.2, -0.15) is 0 Å². The number of imidazole rings is 1. The fourth-order valence-electron chi connectivity index (χ4n) is 8.07. The van der Waals surface area contributed by atoms with Crippen LogP contribution in [0.25, 0.3) is 39.0 Å². The first-order chi connectivity index (χ1) is 21.8. The van der Waals surface area contributed by atoms with Gasteiger partial charge in [0.05, 0.1) is 11.0 Å². The summed E-state index contributed by atoms with van der Waals surface area (Å²) in [6, 6.07) is 37.8. The quantitative estimate of drug-likeness (QED) is 0.207. The Morgan fingerprint density at radius 3 is 2.30 bits per heavy atom. The van der Waals surface area contributed by atoms with E-state index in [2.05, 4.69) is 145 Å². The van der Waals surface area contributed by atoms with Crippen LogP contribution in [-0.2, 0) is 6.42 Å². The summed E-state index contributed by atoms with van der Waals surface area (Å²) in [5.41, 5.74) is 16.1. The van der Waals surface area contributed by atoms with Crippen LogP contribution in [-0.4, -0.2) is 9.55 Å². The van der Waals surface area contributed by atoms with E-state index in [4.69, 9.17) is 4.98 Å². The van der Waals surface area contributed by atoms with E-state index in [1.165, 1.54) is 61.3 Å². The molecule has 1 saturated carbocycles. The van der Waals surface area contributed by atoms with Gasteiger partial charge in [0.1, 0.15) is 5.82 Å². The molecule has 0 spiro atoms. The zero-order chi connectivity index (χ0) is 29.2. The van der Waals surface area contributed by atoms with Gasteiger partial charge in [-0.05, 0) is 105 Å². The molecule has 2 heteroatoms. The Labute approximate surface area is 259 Å². The second-order valence-corrected chi connectivity index (χ2v) is 12.5. The zero-order valence-corrected chi connectivity index (χ0v) is 24.9. The molecule has 0 aliphatic heterocycles. The standard InChI is InChI=1S/C42H34N2/c1-2-38-43-36-17-8-9-18-37(36)44(38)31-25-23-29(24-26-31)39-32-13-6-7-14-33(32)40(42-35-16-10-15-34(39)41(35)42)30-21-19-28(20-22-30)27-11-4-3-5-12-27/h3-5,7-12,14-26,35,41-42H,2,6,13H2,1H3. The molecule has 4 aliphatic carbocycles. The van der Waals surface area contributed by atoms with Crippen LogP contribution in [0, 0.1) is 17.8 Å². The Kier molecular flexibility index (Phi) is 5.84. The van der Waals surface area contributed by atoms with Crippen molar-refractivity contribution < 1.29 is 0 Å². The average molecular weight is 567 g/mol. The van der Waals surface area contributed by atoms with Gasteiger partial charge in [0.15, 0.2) is 0 Å². The summed E-state index contributed by atoms with van der Waals surface area (Å²) < 4.78 is 2.32. The lowest BCUT2D eigenvalue weighted by atomic mass is 9.80. The number of aryl methyl sites for hydroxylation is 1. The van der Waals surface area contributed by atoms with Crippen molar-refractivity contribution in [3.8, 4) is 16.8 Å². The second-order valence-electron chi connectivity index (χ2n) is 12.5. The summed E-state index contributed by atoms with van der Waals surface area (Å²) >= 11 is 0. The number of nitrogens with zero attached hydrogens (tertiary/aromatic N) is 2. The van der Waals surface area contributed by atoms with Gasteiger partial charge in [0, 0.05) is 12.1 Å². The Balaban J connectivity index is 1.18. The molecule has 4 aliphatic rings. The van der Waals surface area contributed by atoms with E-state index in [-0.39, 0.29) is 0 Å². The molecule has 4 aromatic carbocycles. The van der Waals surface area contributed by atoms with Gasteiger partial charge in [-0.1, -0.05) is 116 Å². The molecule has 5 aromatic rings. The SMILES string of the molecule is CCc1nc2ccccc2n1-c1ccc(C2=C3CCC=CC3=C(c3ccc(-c4ccccc4)cc3)C3C4C=CC=C2C43)cc1. The highest BCUT2D eigenvalue weighted by atomic mass is 15.1. The first-order valence-corrected chi connectivity index (χ1v) is 16.1. The van der Waals surface area contributed by atoms with Gasteiger partial charge >= 0.3 is 0 Å². The summed E-state index contributed by atoms with van der Waals surface area (Å²) in [6.45, 7) is 2.19. The number of fused-ring (bicyclic) bond motifs is 3. The van der Waals surface area contributed by atoms with Crippen molar-refractivity contribution in [1.82, 2.24) is 9.55 Å². The number of para-hydroxylation sites is 2. The van der Waals surface area contributed by atoms with Crippen LogP contribution in [0.5, 0.6) is 0 Å². The molecule has 3 unspecified atom stereocenters. The van der Waals surface area contributed by atoms with E-state index in [0.29, 0.717) is 17.8 Å². The average Bonchev–Trinajstić information content (AvgIpc) is 3.72. The maximum absolute atomic E-state index is 4.93. The molecule has 1 fully saturated rings. The normalized spacial score (nSPS) is 21.7. The van der Waals surface area contributed by atoms with Crippen LogP contribution in [0.2, 0.25) is 0 Å². The van der Waals surface area contributed by atoms with Gasteiger partial charge in [0.2, 0.25) is 0 Å². The molecule has 0 saturated heterocycles. The zero-order valence-electron chi connectivity index (χ0n) is 24.9. The van der Waals surface area contributed by atoms with Gasteiger partial charge < -0.3 is 0 Å². The van der Waals surface area contributed by atoms with Crippen molar-refractivity contribution >= 4 is 22.2 Å². The molecule has 0 N–H and O–H groups in total. The highest BCUT2D eigenvalue weighted by Crippen LogP contribution is 2.66. The lowest BCUT2D eigenvalue weighted by molar-refractivity contribution is 0.907. The second kappa shape index (κ2) is 10.1. The van der Waals surface area contributed by atoms with Gasteiger partial charge in [-0.25, -0.2) is 4.98 Å². The largest absolute Gasteiger partial charge is 0.296 e. The Morgan fingerprint density at radius 2 is 1.48 bits per heavy atom. The Hall–Kier alpha value is -4.95. The third kappa shape index (κ3) is 3.90. The van der Waals surface area contributed by atoms with E-state index in [0.717, 1.165) is 30.6 Å². The monoisotopic (exact) mass is 566 g/mol. The number of aromatic nitrogens is 2. The number of allylic oxidation sites excluding steroid dienone is 10. The minimum Gasteiger partial charge on any atom is -0.296 e. The van der Waals surface area contributed by atoms with Crippen molar-refractivity contribution in [3.05, 3.63) is 167 Å². The third-order valence-corrected chi connectivity index (χ3v) is 10.1. The molecule has 212 valence electrons. The van der Waals surface area contributed by atoms with Crippen LogP contribution in [0.1, 0.15) is 36.7 Å². The topological polar surface area (TPSA) is 17.8 Å². The first-order valence-electron chi connectivity index (χ1n) is 16.1. The molecular weight excluding hydrogens is 532 g/mol. The van der Waals surface area contributed by atoms with E-state index in [1.54, 1.807) is 0 Å². The number of rotatable bonds is 5. The van der Waals surface area contributed by atoms with E-state index in [1.807, 2.05) is 0 Å². The lowest BCUT2D eigenvalue weighted by Crippen LogP contribution is -2.05. The predicted octanol–water partition coefficient (Wildman–Crippen LogP) is 10.2. The first kappa shape index (κ1) is 25.5. The molecule has 1 heterocycles. The molecule has 44 heavy (non-hydrogen) atoms. The third-order valence-electron chi connectivity index (χ3n) is 10.1. The summed E-state index contributed by atoms with van der Waals surface area (Å²) in [4.78, 5) is 4.93. The molecule has 1 aromatic heterocycles. The lowest BCUT2D eigenvalue weighted by Gasteiger charge is -2.24. The van der Waals surface area contributed by atoms with Crippen molar-refractivity contribution in [3.63, 3.8) is 0 Å². The minimum atomic E-state index is 0.525. The summed E-state index contributed by atoms with van der Waals surface area (Å²) in [5.74, 6) is 2.74. The van der Waals surface area contributed by atoms with E-state index in [9.17, 15) is 0 Å². The van der Waals surface area contributed by atoms with Gasteiger partial charge in [-0.3, -0.25) is 4.57 Å². The maximum atomic E-state index is 4.93. The fourth-order valence-corrected chi connectivity index (χ4v) is 8.07. The number of benzene rings is 4. The van der Waals surface area contributed by atoms with E-state index < -0.39 is 0 Å². The Morgan fingerprint density at radius 1 is 0.750 bits per heavy atom. The van der Waals surface area contributed by atoms with Crippen LogP contribution in [0.15, 0.2) is 150 Å². The predicted molar refractivity (Wildman–Crippen MR) is 182 cm³/mol. The molecule has 0 radical (unpaired) electrons. The summed E-state index contributed by atoms with van der Waals surface area (Å²) in [5, 5.41) is 0. The number of hydrogen-bond acceptors (Lipinski definition) is 1. The summed E-state index contributed by atoms with van der Waals surface area (Å²) in [6.07, 6.45) is 15.0. The molecule has 9 rings (SSSR count). The van der Waals surface area contributed by atoms with Crippen LogP contribution < -0.4 is 0 Å². The summed E-state index contributed by atoms with van der Waals surface area (Å²) in [7, 11) is 0. The highest BCUT2D eigenvalue weighted by Gasteiger charge is 2.56. The van der Waals surface area contributed by atoms with Crippen molar-refractivity contribution in [1.29, 1.82) is 0 Å². The molecular formula is C42H34N2. The number of hydrogen-bond donors (Lipinski definition) is 0. The van der Waals surface area contributed by atoms with Crippen molar-refractivity contribution in [2.24, 2.45) is 17.8 Å². The molecule has 2 nitrogen and oxygen atoms in total. The maximum Gasteiger partial charge on any atom is 0.114 e. The Bertz CT molecular complexity index is 2080. The van der Waals surface area contributed by atoms with Crippen molar-refractivity contribution in [2.45, 2.75) is 26.2 Å². The molecule has 0 amide bonds. The van der Waals surface area contributed by atoms with Gasteiger partial charge in [-0.15, -0.1) is 0 Å². The molecule has 0 bridgehead atoms. The van der Waals surface area contributed by atoms with Crippen molar-refractivity contribution in [2.75, 3.05) is 0 Å². The van der Waals surface area contributed by atoms with Crippen LogP contribution in [0.4, 0.5) is 0 Å². The van der Waals surface area contributed by atoms with E-state index >= 15 is 0 Å².